The van der Waals surface area contributed by atoms with Crippen LogP contribution >= 0.6 is 15.8 Å². The number of fused-ring (bicyclic) bond motifs is 10. The summed E-state index contributed by atoms with van der Waals surface area (Å²) in [5.41, 5.74) is 0. The monoisotopic (exact) mass is 710 g/mol. The molecule has 10 atom stereocenters. The molecule has 10 aliphatic rings. The van der Waals surface area contributed by atoms with Crippen molar-refractivity contribution in [3.8, 4) is 0 Å². The van der Waals surface area contributed by atoms with Gasteiger partial charge in [0.15, 0.2) is 0 Å². The van der Waals surface area contributed by atoms with Gasteiger partial charge in [0.25, 0.3) is 0 Å². The molecule has 10 saturated heterocycles. The minimum atomic E-state index is -4.39. The third kappa shape index (κ3) is 0.819. The van der Waals surface area contributed by atoms with E-state index in [4.69, 9.17) is 0 Å². The maximum atomic E-state index is 2.95. The van der Waals surface area contributed by atoms with Gasteiger partial charge in [-0.05, 0) is 0 Å². The van der Waals surface area contributed by atoms with Crippen molar-refractivity contribution in [2.75, 3.05) is 33.2 Å². The Labute approximate surface area is 279 Å². The van der Waals surface area contributed by atoms with Gasteiger partial charge in [-0.25, -0.2) is 0 Å². The first kappa shape index (κ1) is 26.9. The zero-order valence-electron chi connectivity index (χ0n) is 28.6. The van der Waals surface area contributed by atoms with E-state index in [9.17, 15) is 0 Å². The molecule has 1 spiro atoms. The van der Waals surface area contributed by atoms with Crippen LogP contribution in [0.2, 0.25) is 38.0 Å². The van der Waals surface area contributed by atoms with Gasteiger partial charge in [0.05, 0.1) is 0 Å². The predicted molar refractivity (Wildman–Crippen MR) is 202 cm³/mol. The number of likely N-dealkylation sites (N-methyl/N-ethyl adjacent to an activating group) is 2. The molecule has 0 radical (unpaired) electrons. The van der Waals surface area contributed by atoms with E-state index >= 15 is 0 Å². The van der Waals surface area contributed by atoms with Crippen LogP contribution in [0.3, 0.4) is 0 Å². The van der Waals surface area contributed by atoms with Crippen molar-refractivity contribution in [3.05, 3.63) is 121 Å². The Balaban J connectivity index is 1.06. The van der Waals surface area contributed by atoms with E-state index < -0.39 is 14.4 Å². The molecule has 48 heavy (non-hydrogen) atoms. The van der Waals surface area contributed by atoms with E-state index in [2.05, 4.69) is 159 Å². The van der Waals surface area contributed by atoms with Gasteiger partial charge in [0.2, 0.25) is 0 Å². The fourth-order valence-corrected chi connectivity index (χ4v) is 132. The van der Waals surface area contributed by atoms with Crippen molar-refractivity contribution in [3.63, 3.8) is 0 Å². The van der Waals surface area contributed by atoms with Crippen LogP contribution in [0, 0.1) is 0 Å². The standard InChI is InChI=1S/C26H34N2P.C17H14P.Fe/c1-5-28(6-2)21-20-27(4)22(3)25-18-13-19-26(25)29(23-14-9-7-10-15-23)24-16-11-8-12-17-24;1-3-9-15(10-4-1)18(17-13-7-8-14-17)16-11-5-2-6-12-16;/h7-19,22H,5-6,20-21H2,1-4H3;1-14H;. The fourth-order valence-electron chi connectivity index (χ4n) is 24.0. The third-order valence-electron chi connectivity index (χ3n) is 22.6. The van der Waals surface area contributed by atoms with Gasteiger partial charge < -0.3 is 0 Å². The second kappa shape index (κ2) is 4.97. The second-order valence-corrected chi connectivity index (χ2v) is 47.6. The van der Waals surface area contributed by atoms with E-state index in [0.717, 1.165) is 32.4 Å². The fraction of sp³-hybridized carbons (Fsp3) is 0.442. The molecule has 10 heterocycles. The molecule has 10 aliphatic heterocycles. The van der Waals surface area contributed by atoms with E-state index in [-0.39, 0.29) is 7.92 Å². The third-order valence-corrected chi connectivity index (χ3v) is 80.0. The topological polar surface area (TPSA) is 6.48 Å². The summed E-state index contributed by atoms with van der Waals surface area (Å²) in [5.74, 6) is 0. The van der Waals surface area contributed by atoms with Crippen LogP contribution in [-0.2, 0) is 6.51 Å². The van der Waals surface area contributed by atoms with E-state index in [1.807, 2.05) is 0 Å². The first-order chi connectivity index (χ1) is 23.3. The minimum absolute atomic E-state index is 0.378. The molecular weight excluding hydrogens is 662 g/mol. The molecule has 14 rings (SSSR count). The van der Waals surface area contributed by atoms with Crippen LogP contribution in [0.15, 0.2) is 121 Å². The van der Waals surface area contributed by atoms with Gasteiger partial charge in [0, 0.05) is 0 Å². The number of hydrogen-bond acceptors (Lipinski definition) is 2. The van der Waals surface area contributed by atoms with Crippen LogP contribution in [0.25, 0.3) is 0 Å². The Morgan fingerprint density at radius 3 is 1.42 bits per heavy atom. The quantitative estimate of drug-likeness (QED) is 0.102. The number of nitrogens with zero attached hydrogens (tertiary/aromatic N) is 2. The van der Waals surface area contributed by atoms with Crippen molar-refractivity contribution in [1.29, 1.82) is 0 Å². The molecule has 0 saturated carbocycles. The summed E-state index contributed by atoms with van der Waals surface area (Å²) in [6.45, 7) is 7.85. The van der Waals surface area contributed by atoms with Gasteiger partial charge in [-0.2, -0.15) is 0 Å². The molecule has 0 aliphatic carbocycles. The number of rotatable bonds is 13. The number of hydrogen-bond donors (Lipinski definition) is 0. The Bertz CT molecular complexity index is 2400. The summed E-state index contributed by atoms with van der Waals surface area (Å²) in [4.78, 5) is 13.8. The summed E-state index contributed by atoms with van der Waals surface area (Å²) in [6.07, 6.45) is 0. The molecule has 0 bridgehead atoms. The summed E-state index contributed by atoms with van der Waals surface area (Å²) in [6, 6.07) is 49.4. The van der Waals surface area contributed by atoms with Gasteiger partial charge in [-0.3, -0.25) is 0 Å². The van der Waals surface area contributed by atoms with Crippen molar-refractivity contribution in [1.82, 2.24) is 9.80 Å². The first-order valence-electron chi connectivity index (χ1n) is 18.8. The Morgan fingerprint density at radius 1 is 0.583 bits per heavy atom. The van der Waals surface area contributed by atoms with Gasteiger partial charge in [-0.1, -0.05) is 0 Å². The van der Waals surface area contributed by atoms with E-state index in [1.165, 1.54) is 27.5 Å². The average Bonchev–Trinajstić information content (AvgIpc) is 4.10. The van der Waals surface area contributed by atoms with Crippen molar-refractivity contribution >= 4 is 37.1 Å². The van der Waals surface area contributed by atoms with Gasteiger partial charge in [-0.15, -0.1) is 0 Å². The Morgan fingerprint density at radius 2 is 1.02 bits per heavy atom. The van der Waals surface area contributed by atoms with Crippen LogP contribution in [0.5, 0.6) is 0 Å². The molecule has 4 aromatic carbocycles. The molecule has 248 valence electrons. The summed E-state index contributed by atoms with van der Waals surface area (Å²) < 4.78 is 1.95. The molecular formula is C43H48FeN2P2. The van der Waals surface area contributed by atoms with Crippen LogP contribution in [0.4, 0.5) is 0 Å². The van der Waals surface area contributed by atoms with Gasteiger partial charge >= 0.3 is 281 Å². The summed E-state index contributed by atoms with van der Waals surface area (Å²) >= 11 is 0. The average molecular weight is 711 g/mol. The summed E-state index contributed by atoms with van der Waals surface area (Å²) in [7, 11) is 1.76. The molecule has 4 aromatic rings. The second-order valence-electron chi connectivity index (χ2n) is 19.0. The molecule has 0 N–H and O–H groups in total. The summed E-state index contributed by atoms with van der Waals surface area (Å²) in [5, 5.41) is 6.85. The number of benzene rings is 4. The van der Waals surface area contributed by atoms with Crippen molar-refractivity contribution in [2.24, 2.45) is 0 Å². The Kier molecular flexibility index (Phi) is 2.79. The molecule has 5 heteroatoms. The zero-order valence-corrected chi connectivity index (χ0v) is 31.5. The van der Waals surface area contributed by atoms with E-state index in [0.29, 0.717) is 18.5 Å². The van der Waals surface area contributed by atoms with Gasteiger partial charge in [0.1, 0.15) is 0 Å². The molecule has 0 amide bonds. The molecule has 0 aromatic heterocycles. The van der Waals surface area contributed by atoms with E-state index in [1.54, 1.807) is 21.2 Å². The molecule has 10 fully saturated rings. The molecule has 2 nitrogen and oxygen atoms in total. The van der Waals surface area contributed by atoms with Crippen LogP contribution in [0.1, 0.15) is 20.8 Å². The Hall–Kier alpha value is -1.82. The molecule has 10 unspecified atom stereocenters. The normalized spacial score (nSPS) is 53.9. The maximum absolute atomic E-state index is 4.39. The van der Waals surface area contributed by atoms with Crippen LogP contribution < -0.4 is 21.2 Å². The van der Waals surface area contributed by atoms with Crippen molar-refractivity contribution in [2.45, 2.75) is 72.9 Å². The zero-order chi connectivity index (χ0) is 32.0. The predicted octanol–water partition coefficient (Wildman–Crippen LogP) is 8.49. The van der Waals surface area contributed by atoms with Crippen molar-refractivity contribution < 1.29 is 6.51 Å². The first-order valence-corrected chi connectivity index (χ1v) is 27.6. The van der Waals surface area contributed by atoms with Crippen LogP contribution in [-0.4, -0.2) is 57.2 Å². The SMILES string of the molecule is CCN(CC)CCN(C)C(C)[C]12[CH]3[CH]4[CH]5[C]1(P(c1ccccc1)c1ccccc1)[Fe]43521678[CH]2[CH]1[CH]6[C]7(P(c1ccccc1)c1ccccc1)[CH]28.